The smallest absolute Gasteiger partial charge is 0.231 e. The first-order valence-corrected chi connectivity index (χ1v) is 7.05. The molecule has 1 amide bonds. The number of carbonyl (C=O) groups excluding carboxylic acids is 1. The molecule has 90 valence electrons. The summed E-state index contributed by atoms with van der Waals surface area (Å²) in [6, 6.07) is 8.20. The van der Waals surface area contributed by atoms with Crippen LogP contribution in [-0.2, 0) is 17.9 Å². The van der Waals surface area contributed by atoms with E-state index in [-0.39, 0.29) is 5.91 Å². The number of nitrogens with two attached hydrogens (primary N) is 1. The molecule has 0 saturated carbocycles. The Balaban J connectivity index is 2.00. The lowest BCUT2D eigenvalue weighted by molar-refractivity contribution is -0.119. The zero-order valence-electron chi connectivity index (χ0n) is 9.33. The van der Waals surface area contributed by atoms with Crippen molar-refractivity contribution in [2.24, 2.45) is 5.73 Å². The second-order valence-electron chi connectivity index (χ2n) is 3.77. The van der Waals surface area contributed by atoms with Crippen LogP contribution in [0.25, 0.3) is 0 Å². The van der Waals surface area contributed by atoms with E-state index in [1.54, 1.807) is 22.7 Å². The summed E-state index contributed by atoms with van der Waals surface area (Å²) in [7, 11) is 0. The molecule has 3 nitrogen and oxygen atoms in total. The third-order valence-electron chi connectivity index (χ3n) is 2.30. The summed E-state index contributed by atoms with van der Waals surface area (Å²) in [5.41, 5.74) is 5.28. The largest absolute Gasteiger partial charge is 0.369 e. The van der Waals surface area contributed by atoms with E-state index in [2.05, 4.69) is 17.0 Å². The van der Waals surface area contributed by atoms with Gasteiger partial charge in [0, 0.05) is 22.8 Å². The van der Waals surface area contributed by atoms with Gasteiger partial charge in [-0.2, -0.15) is 0 Å². The van der Waals surface area contributed by atoms with Crippen molar-refractivity contribution in [3.8, 4) is 0 Å². The molecule has 17 heavy (non-hydrogen) atoms. The Labute approximate surface area is 108 Å². The molecule has 2 heterocycles. The van der Waals surface area contributed by atoms with E-state index in [1.807, 2.05) is 22.9 Å². The summed E-state index contributed by atoms with van der Waals surface area (Å²) in [6.45, 7) is 1.85. The molecule has 0 aliphatic rings. The van der Waals surface area contributed by atoms with Gasteiger partial charge in [-0.3, -0.25) is 9.69 Å². The standard InChI is InChI=1S/C12H14N2OS2/c13-12(15)9-14(7-10-3-1-5-16-10)8-11-4-2-6-17-11/h1-6H,7-9H2,(H2,13,15). The van der Waals surface area contributed by atoms with Gasteiger partial charge in [-0.25, -0.2) is 0 Å². The van der Waals surface area contributed by atoms with Gasteiger partial charge in [0.05, 0.1) is 6.54 Å². The van der Waals surface area contributed by atoms with Crippen LogP contribution in [0.5, 0.6) is 0 Å². The van der Waals surface area contributed by atoms with E-state index in [4.69, 9.17) is 5.73 Å². The average molecular weight is 266 g/mol. The molecule has 0 fully saturated rings. The van der Waals surface area contributed by atoms with Gasteiger partial charge in [-0.15, -0.1) is 22.7 Å². The van der Waals surface area contributed by atoms with E-state index < -0.39 is 0 Å². The Morgan fingerprint density at radius 2 is 1.65 bits per heavy atom. The van der Waals surface area contributed by atoms with Crippen molar-refractivity contribution in [3.05, 3.63) is 44.8 Å². The molecular formula is C12H14N2OS2. The van der Waals surface area contributed by atoms with Crippen LogP contribution in [0.15, 0.2) is 35.0 Å². The predicted octanol–water partition coefficient (Wildman–Crippen LogP) is 2.30. The maximum absolute atomic E-state index is 11.1. The normalized spacial score (nSPS) is 10.9. The van der Waals surface area contributed by atoms with Crippen molar-refractivity contribution in [2.45, 2.75) is 13.1 Å². The van der Waals surface area contributed by atoms with Crippen LogP contribution in [0.1, 0.15) is 9.75 Å². The minimum Gasteiger partial charge on any atom is -0.369 e. The average Bonchev–Trinajstić information content (AvgIpc) is 2.89. The number of thiophene rings is 2. The highest BCUT2D eigenvalue weighted by molar-refractivity contribution is 7.10. The van der Waals surface area contributed by atoms with Crippen molar-refractivity contribution in [3.63, 3.8) is 0 Å². The molecule has 0 aliphatic heterocycles. The number of hydrogen-bond donors (Lipinski definition) is 1. The van der Waals surface area contributed by atoms with Crippen LogP contribution in [0, 0.1) is 0 Å². The minimum absolute atomic E-state index is 0.280. The molecule has 2 N–H and O–H groups in total. The highest BCUT2D eigenvalue weighted by Gasteiger charge is 2.11. The lowest BCUT2D eigenvalue weighted by Gasteiger charge is -2.18. The van der Waals surface area contributed by atoms with E-state index in [1.165, 1.54) is 9.75 Å². The Bertz CT molecular complexity index is 415. The number of amides is 1. The molecule has 0 saturated heterocycles. The number of rotatable bonds is 6. The van der Waals surface area contributed by atoms with Gasteiger partial charge in [0.2, 0.25) is 5.91 Å². The minimum atomic E-state index is -0.280. The van der Waals surface area contributed by atoms with Crippen LogP contribution in [0.2, 0.25) is 0 Å². The van der Waals surface area contributed by atoms with E-state index in [0.29, 0.717) is 6.54 Å². The number of primary amides is 1. The van der Waals surface area contributed by atoms with Crippen molar-refractivity contribution < 1.29 is 4.79 Å². The van der Waals surface area contributed by atoms with Crippen molar-refractivity contribution >= 4 is 28.6 Å². The van der Waals surface area contributed by atoms with E-state index in [0.717, 1.165) is 13.1 Å². The second kappa shape index (κ2) is 5.95. The Kier molecular flexibility index (Phi) is 4.30. The lowest BCUT2D eigenvalue weighted by Crippen LogP contribution is -2.32. The molecule has 0 bridgehead atoms. The lowest BCUT2D eigenvalue weighted by atomic mass is 10.3. The molecule has 5 heteroatoms. The fourth-order valence-corrected chi connectivity index (χ4v) is 3.13. The molecule has 0 aromatic carbocycles. The highest BCUT2D eigenvalue weighted by Crippen LogP contribution is 2.16. The second-order valence-corrected chi connectivity index (χ2v) is 5.83. The topological polar surface area (TPSA) is 46.3 Å². The quantitative estimate of drug-likeness (QED) is 0.872. The highest BCUT2D eigenvalue weighted by atomic mass is 32.1. The first kappa shape index (κ1) is 12.3. The van der Waals surface area contributed by atoms with Crippen LogP contribution >= 0.6 is 22.7 Å². The van der Waals surface area contributed by atoms with Crippen LogP contribution in [0.4, 0.5) is 0 Å². The van der Waals surface area contributed by atoms with E-state index in [9.17, 15) is 4.79 Å². The van der Waals surface area contributed by atoms with Gasteiger partial charge in [0.25, 0.3) is 0 Å². The number of nitrogens with zero attached hydrogens (tertiary/aromatic N) is 1. The number of hydrogen-bond acceptors (Lipinski definition) is 4. The van der Waals surface area contributed by atoms with Crippen LogP contribution in [0.3, 0.4) is 0 Å². The monoisotopic (exact) mass is 266 g/mol. The SMILES string of the molecule is NC(=O)CN(Cc1cccs1)Cc1cccs1. The maximum atomic E-state index is 11.1. The molecule has 2 aromatic rings. The third-order valence-corrected chi connectivity index (χ3v) is 4.02. The summed E-state index contributed by atoms with van der Waals surface area (Å²) in [4.78, 5) is 15.6. The summed E-state index contributed by atoms with van der Waals surface area (Å²) in [5, 5.41) is 4.09. The summed E-state index contributed by atoms with van der Waals surface area (Å²) < 4.78 is 0. The fraction of sp³-hybridized carbons (Fsp3) is 0.250. The molecule has 0 aliphatic carbocycles. The van der Waals surface area contributed by atoms with Gasteiger partial charge in [0.1, 0.15) is 0 Å². The van der Waals surface area contributed by atoms with E-state index >= 15 is 0 Å². The van der Waals surface area contributed by atoms with Gasteiger partial charge in [-0.1, -0.05) is 12.1 Å². The molecule has 2 aromatic heterocycles. The first-order valence-electron chi connectivity index (χ1n) is 5.29. The third kappa shape index (κ3) is 3.96. The van der Waals surface area contributed by atoms with Crippen molar-refractivity contribution in [1.82, 2.24) is 4.90 Å². The van der Waals surface area contributed by atoms with Crippen molar-refractivity contribution in [2.75, 3.05) is 6.54 Å². The summed E-state index contributed by atoms with van der Waals surface area (Å²) in [6.07, 6.45) is 0. The summed E-state index contributed by atoms with van der Waals surface area (Å²) in [5.74, 6) is -0.280. The first-order chi connectivity index (χ1) is 8.24. The zero-order valence-corrected chi connectivity index (χ0v) is 11.0. The van der Waals surface area contributed by atoms with Crippen LogP contribution in [-0.4, -0.2) is 17.4 Å². The van der Waals surface area contributed by atoms with Crippen LogP contribution < -0.4 is 5.73 Å². The van der Waals surface area contributed by atoms with Crippen molar-refractivity contribution in [1.29, 1.82) is 0 Å². The molecule has 0 radical (unpaired) electrons. The number of carbonyl (C=O) groups is 1. The zero-order chi connectivity index (χ0) is 12.1. The summed E-state index contributed by atoms with van der Waals surface area (Å²) >= 11 is 3.40. The fourth-order valence-electron chi connectivity index (χ4n) is 1.63. The van der Waals surface area contributed by atoms with Gasteiger partial charge >= 0.3 is 0 Å². The molecular weight excluding hydrogens is 252 g/mol. The van der Waals surface area contributed by atoms with Gasteiger partial charge in [-0.05, 0) is 22.9 Å². The van der Waals surface area contributed by atoms with Gasteiger partial charge in [0.15, 0.2) is 0 Å². The maximum Gasteiger partial charge on any atom is 0.231 e. The Hall–Kier alpha value is -1.17. The van der Waals surface area contributed by atoms with Gasteiger partial charge < -0.3 is 5.73 Å². The molecule has 0 atom stereocenters. The molecule has 0 spiro atoms. The Morgan fingerprint density at radius 3 is 2.00 bits per heavy atom. The Morgan fingerprint density at radius 1 is 1.12 bits per heavy atom. The molecule has 2 rings (SSSR count). The molecule has 0 unspecified atom stereocenters. The predicted molar refractivity (Wildman–Crippen MR) is 71.9 cm³/mol.